The van der Waals surface area contributed by atoms with Gasteiger partial charge in [0.25, 0.3) is 0 Å². The highest BCUT2D eigenvalue weighted by Gasteiger charge is 2.30. The summed E-state index contributed by atoms with van der Waals surface area (Å²) in [5.74, 6) is -1.57. The van der Waals surface area contributed by atoms with Gasteiger partial charge in [-0.1, -0.05) is 434 Å². The fraction of sp³-hybridized carbons (Fsp3) is 0.697. The molecule has 16 nitrogen and oxygen atoms in total. The number of allylic oxidation sites excluding steroid dienone is 30. The SMILES string of the molecule is CC/C=C\C/C=C\C/C=C\C/C=C\C/C=C\C/C=C\CCCCCCCCCCCCCCCCCCC(=O)OCC(O)COP(=O)(O)OCC(O)COP(=O)(O)OCC(COC(=O)CCCCCCCCCCCCCCCCC/C=C\C/C=C\C/C=C\C/C=C\CCCCC)OC(=O)CCCCCCCCCCC/C=C\C/C=C\C/C=C\C/C=C\C/C=C\CC. The number of ether oxygens (including phenoxy) is 3. The number of carbonyl (C=O) groups excluding carboxylic acids is 3. The fourth-order valence-corrected chi connectivity index (χ4v) is 15.5. The van der Waals surface area contributed by atoms with Crippen LogP contribution in [-0.2, 0) is 55.8 Å². The van der Waals surface area contributed by atoms with E-state index in [1.165, 1.54) is 212 Å². The molecule has 5 unspecified atom stereocenters. The first-order chi connectivity index (χ1) is 62.2. The third-order valence-corrected chi connectivity index (χ3v) is 23.5. The molecule has 0 bridgehead atoms. The lowest BCUT2D eigenvalue weighted by Gasteiger charge is -2.21. The Kier molecular flexibility index (Phi) is 95.5. The largest absolute Gasteiger partial charge is 0.472 e. The zero-order valence-corrected chi connectivity index (χ0v) is 82.4. The van der Waals surface area contributed by atoms with Crippen molar-refractivity contribution in [2.24, 2.45) is 0 Å². The Hall–Kier alpha value is -5.35. The highest BCUT2D eigenvalue weighted by Crippen LogP contribution is 2.45. The highest BCUT2D eigenvalue weighted by molar-refractivity contribution is 7.47. The molecule has 0 aliphatic carbocycles. The van der Waals surface area contributed by atoms with Gasteiger partial charge in [0.15, 0.2) is 6.10 Å². The second-order valence-corrected chi connectivity index (χ2v) is 36.8. The molecule has 0 radical (unpaired) electrons. The Morgan fingerprint density at radius 2 is 0.417 bits per heavy atom. The van der Waals surface area contributed by atoms with Crippen molar-refractivity contribution >= 4 is 33.6 Å². The summed E-state index contributed by atoms with van der Waals surface area (Å²) in [6.45, 7) is 2.49. The minimum atomic E-state index is -4.95. The molecule has 127 heavy (non-hydrogen) atoms. The molecular formula is C109H186O16P2. The Labute approximate surface area is 776 Å². The van der Waals surface area contributed by atoms with Gasteiger partial charge in [0.1, 0.15) is 25.4 Å². The van der Waals surface area contributed by atoms with Gasteiger partial charge in [-0.05, 0) is 161 Å². The molecule has 0 fully saturated rings. The topological polar surface area (TPSA) is 231 Å². The first-order valence-electron chi connectivity index (χ1n) is 51.1. The van der Waals surface area contributed by atoms with Crippen molar-refractivity contribution in [2.45, 2.75) is 450 Å². The van der Waals surface area contributed by atoms with Crippen LogP contribution in [0.15, 0.2) is 182 Å². The van der Waals surface area contributed by atoms with Crippen molar-refractivity contribution in [1.82, 2.24) is 0 Å². The first kappa shape index (κ1) is 122. The zero-order chi connectivity index (χ0) is 92.1. The molecule has 18 heteroatoms. The zero-order valence-electron chi connectivity index (χ0n) is 80.6. The minimum absolute atomic E-state index is 0.0937. The van der Waals surface area contributed by atoms with E-state index in [1.54, 1.807) is 0 Å². The van der Waals surface area contributed by atoms with Crippen molar-refractivity contribution < 1.29 is 75.8 Å². The van der Waals surface area contributed by atoms with Gasteiger partial charge in [0.05, 0.1) is 26.4 Å². The van der Waals surface area contributed by atoms with Crippen LogP contribution in [0.4, 0.5) is 0 Å². The van der Waals surface area contributed by atoms with Gasteiger partial charge in [0, 0.05) is 19.3 Å². The minimum Gasteiger partial charge on any atom is -0.463 e. The summed E-state index contributed by atoms with van der Waals surface area (Å²) in [5, 5.41) is 20.8. The molecule has 0 aliphatic rings. The van der Waals surface area contributed by atoms with Crippen molar-refractivity contribution in [3.05, 3.63) is 182 Å². The van der Waals surface area contributed by atoms with Crippen LogP contribution >= 0.6 is 15.6 Å². The van der Waals surface area contributed by atoms with Crippen LogP contribution < -0.4 is 0 Å². The monoisotopic (exact) mass is 1810 g/mol. The number of rotatable bonds is 96. The van der Waals surface area contributed by atoms with E-state index in [9.17, 15) is 43.5 Å². The van der Waals surface area contributed by atoms with Gasteiger partial charge in [-0.3, -0.25) is 32.5 Å². The van der Waals surface area contributed by atoms with Crippen LogP contribution in [-0.4, -0.2) is 95.9 Å². The maximum Gasteiger partial charge on any atom is 0.472 e. The molecule has 0 aliphatic heterocycles. The smallest absolute Gasteiger partial charge is 0.463 e. The highest BCUT2D eigenvalue weighted by atomic mass is 31.2. The second kappa shape index (κ2) is 99.7. The Morgan fingerprint density at radius 3 is 0.661 bits per heavy atom. The van der Waals surface area contributed by atoms with E-state index < -0.39 is 91.5 Å². The van der Waals surface area contributed by atoms with Crippen molar-refractivity contribution in [1.29, 1.82) is 0 Å². The predicted octanol–water partition coefficient (Wildman–Crippen LogP) is 32.3. The lowest BCUT2D eigenvalue weighted by atomic mass is 10.0. The van der Waals surface area contributed by atoms with Crippen molar-refractivity contribution in [3.63, 3.8) is 0 Å². The van der Waals surface area contributed by atoms with E-state index in [-0.39, 0.29) is 19.3 Å². The molecule has 0 rings (SSSR count). The van der Waals surface area contributed by atoms with E-state index in [1.807, 2.05) is 0 Å². The maximum atomic E-state index is 13.1. The van der Waals surface area contributed by atoms with Crippen LogP contribution in [0.25, 0.3) is 0 Å². The van der Waals surface area contributed by atoms with Crippen LogP contribution in [0.5, 0.6) is 0 Å². The molecule has 0 heterocycles. The standard InChI is InChI=1S/C109H186O16P2/c1-4-7-10-13-16-19-22-25-28-31-34-37-40-43-45-47-49-50-51-52-54-56-57-60-62-65-68-71-74-77-80-83-86-89-92-95-107(112)119-98-104(110)99-121-126(115,116)122-100-105(111)101-123-127(117,118)124-103-106(125-109(114)97-94-91-88-85-82-79-76-73-70-67-64-59-42-39-36-33-30-27-24-21-18-15-12-9-6-3)102-120-108(113)96-93-90-87-84-81-78-75-72-69-66-63-61-58-55-53-48-46-44-41-38-35-32-29-26-23-20-17-14-11-8-5-2/h7,9-10,12,16-21,25-30,34-39,43-46,49-50,59,64,104-106,110-111H,4-6,8,11,13-15,22-24,31-33,40-42,47-48,51-58,60-63,65-103H2,1-3H3,(H,115,116)(H,117,118)/b10-7-,12-9-,19-16-,20-17-,21-18-,28-25-,29-26-,30-27-,37-34-,38-35-,39-36-,45-43-,46-44-,50-49-,64-59-. The van der Waals surface area contributed by atoms with Crippen molar-refractivity contribution in [2.75, 3.05) is 39.6 Å². The average molecular weight is 1810 g/mol. The first-order valence-corrected chi connectivity index (χ1v) is 54.1. The number of phosphoric ester groups is 2. The van der Waals surface area contributed by atoms with E-state index in [2.05, 4.69) is 203 Å². The van der Waals surface area contributed by atoms with Crippen molar-refractivity contribution in [3.8, 4) is 0 Å². The average Bonchev–Trinajstić information content (AvgIpc) is 0.899. The summed E-state index contributed by atoms with van der Waals surface area (Å²) in [4.78, 5) is 59.2. The normalized spacial score (nSPS) is 14.4. The van der Waals surface area contributed by atoms with Gasteiger partial charge >= 0.3 is 33.6 Å². The van der Waals surface area contributed by atoms with E-state index in [4.69, 9.17) is 32.3 Å². The number of aliphatic hydroxyl groups excluding tert-OH is 2. The molecule has 5 atom stereocenters. The number of phosphoric acid groups is 2. The maximum absolute atomic E-state index is 13.1. The summed E-state index contributed by atoms with van der Waals surface area (Å²) < 4.78 is 61.7. The molecule has 0 amide bonds. The van der Waals surface area contributed by atoms with E-state index in [0.717, 1.165) is 161 Å². The molecule has 0 aromatic carbocycles. The van der Waals surface area contributed by atoms with E-state index >= 15 is 0 Å². The third kappa shape index (κ3) is 101. The molecule has 0 spiro atoms. The quantitative estimate of drug-likeness (QED) is 0.0146. The molecule has 0 aromatic rings. The lowest BCUT2D eigenvalue weighted by molar-refractivity contribution is -0.161. The van der Waals surface area contributed by atoms with Crippen LogP contribution in [0.1, 0.15) is 432 Å². The summed E-state index contributed by atoms with van der Waals surface area (Å²) in [6, 6.07) is 0. The molecular weight excluding hydrogens is 1630 g/mol. The molecule has 0 aromatic heterocycles. The summed E-state index contributed by atoms with van der Waals surface area (Å²) in [6.07, 6.45) is 132. The number of carbonyl (C=O) groups is 3. The Morgan fingerprint density at radius 1 is 0.228 bits per heavy atom. The summed E-state index contributed by atoms with van der Waals surface area (Å²) in [5.41, 5.74) is 0. The van der Waals surface area contributed by atoms with Gasteiger partial charge in [-0.15, -0.1) is 0 Å². The molecule has 0 saturated heterocycles. The summed E-state index contributed by atoms with van der Waals surface area (Å²) in [7, 11) is -9.82. The lowest BCUT2D eigenvalue weighted by Crippen LogP contribution is -2.30. The second-order valence-electron chi connectivity index (χ2n) is 33.9. The van der Waals surface area contributed by atoms with E-state index in [0.29, 0.717) is 19.3 Å². The number of hydrogen-bond donors (Lipinski definition) is 4. The van der Waals surface area contributed by atoms with Crippen LogP contribution in [0.2, 0.25) is 0 Å². The predicted molar refractivity (Wildman–Crippen MR) is 537 cm³/mol. The number of aliphatic hydroxyl groups is 2. The van der Waals surface area contributed by atoms with Gasteiger partial charge < -0.3 is 34.2 Å². The number of unbranched alkanes of at least 4 members (excludes halogenated alkanes) is 43. The molecule has 4 N–H and O–H groups in total. The summed E-state index contributed by atoms with van der Waals surface area (Å²) >= 11 is 0. The fourth-order valence-electron chi connectivity index (χ4n) is 13.9. The van der Waals surface area contributed by atoms with Gasteiger partial charge in [0.2, 0.25) is 0 Å². The van der Waals surface area contributed by atoms with Crippen LogP contribution in [0, 0.1) is 0 Å². The van der Waals surface area contributed by atoms with Gasteiger partial charge in [-0.25, -0.2) is 9.13 Å². The third-order valence-electron chi connectivity index (χ3n) is 21.6. The molecule has 728 valence electrons. The Balaban J connectivity index is 4.58. The van der Waals surface area contributed by atoms with Gasteiger partial charge in [-0.2, -0.15) is 0 Å². The molecule has 0 saturated carbocycles. The number of esters is 3. The Bertz CT molecular complexity index is 3040. The number of hydrogen-bond acceptors (Lipinski definition) is 14. The van der Waals surface area contributed by atoms with Crippen LogP contribution in [0.3, 0.4) is 0 Å².